The van der Waals surface area contributed by atoms with Crippen LogP contribution in [-0.4, -0.2) is 70.6 Å². The van der Waals surface area contributed by atoms with Crippen LogP contribution in [0.25, 0.3) is 0 Å². The number of carbonyl (C=O) groups is 1. The number of carbonyl (C=O) groups excluding carboxylic acids is 1. The molecule has 1 N–H and O–H groups in total. The van der Waals surface area contributed by atoms with E-state index >= 15 is 0 Å². The van der Waals surface area contributed by atoms with Gasteiger partial charge in [-0.15, -0.1) is 0 Å². The van der Waals surface area contributed by atoms with E-state index in [-0.39, 0.29) is 24.0 Å². The van der Waals surface area contributed by atoms with Gasteiger partial charge in [0.05, 0.1) is 19.1 Å². The standard InChI is InChI=1S/C21H26ClN3O5S/c1-29-19-8-3-16(15-20(19)30-2)9-10-23-21(26)24-11-13-25(14-12-24)31(27,28)18-6-4-17(22)5-7-18/h3-8,15H,9-14H2,1-2H3,(H,23,26). The Kier molecular flexibility index (Phi) is 7.64. The van der Waals surface area contributed by atoms with Crippen molar-refractivity contribution in [2.24, 2.45) is 0 Å². The Morgan fingerprint density at radius 3 is 2.26 bits per heavy atom. The second-order valence-electron chi connectivity index (χ2n) is 7.02. The highest BCUT2D eigenvalue weighted by molar-refractivity contribution is 7.89. The van der Waals surface area contributed by atoms with Crippen molar-refractivity contribution < 1.29 is 22.7 Å². The zero-order valence-corrected chi connectivity index (χ0v) is 19.1. The van der Waals surface area contributed by atoms with Crippen molar-refractivity contribution in [1.82, 2.24) is 14.5 Å². The zero-order chi connectivity index (χ0) is 22.4. The molecule has 0 radical (unpaired) electrons. The van der Waals surface area contributed by atoms with Gasteiger partial charge in [-0.05, 0) is 48.4 Å². The van der Waals surface area contributed by atoms with E-state index in [1.165, 1.54) is 16.4 Å². The molecule has 0 spiro atoms. The number of amides is 2. The third kappa shape index (κ3) is 5.61. The highest BCUT2D eigenvalue weighted by Crippen LogP contribution is 2.27. The molecule has 0 saturated carbocycles. The SMILES string of the molecule is COc1ccc(CCNC(=O)N2CCN(S(=O)(=O)c3ccc(Cl)cc3)CC2)cc1OC. The Morgan fingerprint density at radius 1 is 1.00 bits per heavy atom. The number of ether oxygens (including phenoxy) is 2. The van der Waals surface area contributed by atoms with Gasteiger partial charge >= 0.3 is 6.03 Å². The van der Waals surface area contributed by atoms with Crippen LogP contribution in [0.1, 0.15) is 5.56 Å². The molecule has 0 aliphatic carbocycles. The molecule has 2 aromatic carbocycles. The zero-order valence-electron chi connectivity index (χ0n) is 17.5. The van der Waals surface area contributed by atoms with Crippen LogP contribution in [0.3, 0.4) is 0 Å². The summed E-state index contributed by atoms with van der Waals surface area (Å²) in [5.74, 6) is 1.30. The molecule has 0 atom stereocenters. The normalized spacial score (nSPS) is 14.9. The lowest BCUT2D eigenvalue weighted by molar-refractivity contribution is 0.172. The van der Waals surface area contributed by atoms with E-state index in [4.69, 9.17) is 21.1 Å². The minimum atomic E-state index is -3.60. The third-order valence-electron chi connectivity index (χ3n) is 5.12. The third-order valence-corrected chi connectivity index (χ3v) is 7.28. The summed E-state index contributed by atoms with van der Waals surface area (Å²) < 4.78 is 37.4. The number of urea groups is 1. The van der Waals surface area contributed by atoms with Gasteiger partial charge in [0.25, 0.3) is 0 Å². The van der Waals surface area contributed by atoms with Gasteiger partial charge in [0.15, 0.2) is 11.5 Å². The van der Waals surface area contributed by atoms with E-state index in [0.717, 1.165) is 5.56 Å². The largest absolute Gasteiger partial charge is 0.493 e. The molecular weight excluding hydrogens is 442 g/mol. The molecule has 1 heterocycles. The molecule has 2 amide bonds. The monoisotopic (exact) mass is 467 g/mol. The molecular formula is C21H26ClN3O5S. The number of sulfonamides is 1. The quantitative estimate of drug-likeness (QED) is 0.676. The van der Waals surface area contributed by atoms with Gasteiger partial charge in [-0.3, -0.25) is 0 Å². The Hall–Kier alpha value is -2.49. The fraction of sp³-hybridized carbons (Fsp3) is 0.381. The first kappa shape index (κ1) is 23.2. The van der Waals surface area contributed by atoms with Gasteiger partial charge in [0, 0.05) is 37.7 Å². The van der Waals surface area contributed by atoms with Crippen molar-refractivity contribution in [1.29, 1.82) is 0 Å². The molecule has 0 unspecified atom stereocenters. The van der Waals surface area contributed by atoms with Gasteiger partial charge in [-0.1, -0.05) is 17.7 Å². The number of nitrogens with zero attached hydrogens (tertiary/aromatic N) is 2. The number of rotatable bonds is 7. The van der Waals surface area contributed by atoms with Gasteiger partial charge in [0.2, 0.25) is 10.0 Å². The first-order valence-corrected chi connectivity index (χ1v) is 11.7. The summed E-state index contributed by atoms with van der Waals surface area (Å²) in [4.78, 5) is 14.3. The minimum Gasteiger partial charge on any atom is -0.493 e. The summed E-state index contributed by atoms with van der Waals surface area (Å²) in [5, 5.41) is 3.37. The van der Waals surface area contributed by atoms with Crippen LogP contribution in [0.2, 0.25) is 5.02 Å². The van der Waals surface area contributed by atoms with Gasteiger partial charge < -0.3 is 19.7 Å². The topological polar surface area (TPSA) is 88.2 Å². The maximum atomic E-state index is 12.7. The van der Waals surface area contributed by atoms with E-state index in [9.17, 15) is 13.2 Å². The van der Waals surface area contributed by atoms with E-state index in [2.05, 4.69) is 5.32 Å². The van der Waals surface area contributed by atoms with Crippen molar-refractivity contribution in [3.8, 4) is 11.5 Å². The van der Waals surface area contributed by atoms with Crippen molar-refractivity contribution in [2.75, 3.05) is 46.9 Å². The summed E-state index contributed by atoms with van der Waals surface area (Å²) >= 11 is 5.84. The summed E-state index contributed by atoms with van der Waals surface area (Å²) in [5.41, 5.74) is 1.01. The average Bonchev–Trinajstić information content (AvgIpc) is 2.79. The van der Waals surface area contributed by atoms with Crippen LogP contribution in [0.4, 0.5) is 4.79 Å². The van der Waals surface area contributed by atoms with Crippen LogP contribution in [0, 0.1) is 0 Å². The van der Waals surface area contributed by atoms with Crippen molar-refractivity contribution in [2.45, 2.75) is 11.3 Å². The lowest BCUT2D eigenvalue weighted by Crippen LogP contribution is -2.53. The fourth-order valence-electron chi connectivity index (χ4n) is 3.35. The van der Waals surface area contributed by atoms with Crippen LogP contribution in [0.5, 0.6) is 11.5 Å². The number of benzene rings is 2. The Bertz CT molecular complexity index is 1010. The Balaban J connectivity index is 1.48. The van der Waals surface area contributed by atoms with Gasteiger partial charge in [-0.2, -0.15) is 4.31 Å². The molecule has 8 nitrogen and oxygen atoms in total. The van der Waals surface area contributed by atoms with E-state index < -0.39 is 10.0 Å². The number of methoxy groups -OCH3 is 2. The van der Waals surface area contributed by atoms with Crippen molar-refractivity contribution in [3.05, 3.63) is 53.1 Å². The maximum Gasteiger partial charge on any atom is 0.317 e. The molecule has 0 aromatic heterocycles. The molecule has 1 aliphatic rings. The summed E-state index contributed by atoms with van der Waals surface area (Å²) in [6, 6.07) is 11.5. The van der Waals surface area contributed by atoms with E-state index in [1.54, 1.807) is 31.3 Å². The van der Waals surface area contributed by atoms with Gasteiger partial charge in [0.1, 0.15) is 0 Å². The fourth-order valence-corrected chi connectivity index (χ4v) is 4.90. The summed E-state index contributed by atoms with van der Waals surface area (Å²) in [6.07, 6.45) is 0.636. The predicted octanol–water partition coefficient (Wildman–Crippen LogP) is 2.62. The van der Waals surface area contributed by atoms with E-state index in [0.29, 0.717) is 42.6 Å². The van der Waals surface area contributed by atoms with Crippen LogP contribution in [-0.2, 0) is 16.4 Å². The summed E-state index contributed by atoms with van der Waals surface area (Å²) in [6.45, 7) is 1.60. The van der Waals surface area contributed by atoms with Crippen LogP contribution in [0.15, 0.2) is 47.4 Å². The second kappa shape index (κ2) is 10.2. The molecule has 1 aliphatic heterocycles. The minimum absolute atomic E-state index is 0.199. The van der Waals surface area contributed by atoms with Gasteiger partial charge in [-0.25, -0.2) is 13.2 Å². The molecule has 1 fully saturated rings. The van der Waals surface area contributed by atoms with Crippen molar-refractivity contribution >= 4 is 27.7 Å². The molecule has 168 valence electrons. The molecule has 2 aromatic rings. The van der Waals surface area contributed by atoms with Crippen LogP contribution >= 0.6 is 11.6 Å². The smallest absolute Gasteiger partial charge is 0.317 e. The Morgan fingerprint density at radius 2 is 1.65 bits per heavy atom. The predicted molar refractivity (Wildman–Crippen MR) is 118 cm³/mol. The van der Waals surface area contributed by atoms with Crippen LogP contribution < -0.4 is 14.8 Å². The average molecular weight is 468 g/mol. The molecule has 1 saturated heterocycles. The summed E-state index contributed by atoms with van der Waals surface area (Å²) in [7, 11) is -0.438. The lowest BCUT2D eigenvalue weighted by Gasteiger charge is -2.34. The first-order chi connectivity index (χ1) is 14.8. The highest BCUT2D eigenvalue weighted by Gasteiger charge is 2.30. The number of nitrogens with one attached hydrogen (secondary N) is 1. The number of piperazine rings is 1. The van der Waals surface area contributed by atoms with Crippen molar-refractivity contribution in [3.63, 3.8) is 0 Å². The second-order valence-corrected chi connectivity index (χ2v) is 9.39. The first-order valence-electron chi connectivity index (χ1n) is 9.84. The molecule has 3 rings (SSSR count). The lowest BCUT2D eigenvalue weighted by atomic mass is 10.1. The molecule has 0 bridgehead atoms. The molecule has 10 heteroatoms. The molecule has 31 heavy (non-hydrogen) atoms. The highest BCUT2D eigenvalue weighted by atomic mass is 35.5. The number of hydrogen-bond acceptors (Lipinski definition) is 5. The maximum absolute atomic E-state index is 12.7. The Labute approximate surface area is 187 Å². The number of hydrogen-bond donors (Lipinski definition) is 1. The van der Waals surface area contributed by atoms with E-state index in [1.807, 2.05) is 18.2 Å². The number of halogens is 1.